The van der Waals surface area contributed by atoms with Gasteiger partial charge in [0.05, 0.1) is 0 Å². The van der Waals surface area contributed by atoms with Crippen molar-refractivity contribution in [3.8, 4) is 17.6 Å². The van der Waals surface area contributed by atoms with E-state index in [0.717, 1.165) is 25.0 Å². The second kappa shape index (κ2) is 4.37. The van der Waals surface area contributed by atoms with Gasteiger partial charge in [-0.2, -0.15) is 0 Å². The molecular weight excluding hydrogens is 188 g/mol. The van der Waals surface area contributed by atoms with E-state index in [9.17, 15) is 5.11 Å². The normalized spacial score (nSPS) is 17.1. The third kappa shape index (κ3) is 2.74. The van der Waals surface area contributed by atoms with Crippen molar-refractivity contribution in [1.29, 1.82) is 0 Å². The van der Waals surface area contributed by atoms with Crippen molar-refractivity contribution < 1.29 is 9.84 Å². The molecule has 2 rings (SSSR count). The summed E-state index contributed by atoms with van der Waals surface area (Å²) >= 11 is 0. The maximum atomic E-state index is 9.68. The van der Waals surface area contributed by atoms with Crippen molar-refractivity contribution >= 4 is 0 Å². The van der Waals surface area contributed by atoms with Crippen LogP contribution in [-0.2, 0) is 0 Å². The van der Waals surface area contributed by atoms with Gasteiger partial charge in [-0.15, -0.1) is 0 Å². The Morgan fingerprint density at radius 2 is 2.00 bits per heavy atom. The minimum atomic E-state index is -0.722. The quantitative estimate of drug-likeness (QED) is 0.743. The summed E-state index contributed by atoms with van der Waals surface area (Å²) in [5.41, 5.74) is -0.722. The summed E-state index contributed by atoms with van der Waals surface area (Å²) in [7, 11) is 0. The first-order valence-electron chi connectivity index (χ1n) is 5.19. The molecule has 0 unspecified atom stereocenters. The summed E-state index contributed by atoms with van der Waals surface area (Å²) in [5, 5.41) is 9.68. The number of hydrogen-bond donors (Lipinski definition) is 1. The first-order chi connectivity index (χ1) is 7.29. The van der Waals surface area contributed by atoms with Gasteiger partial charge < -0.3 is 9.84 Å². The highest BCUT2D eigenvalue weighted by Crippen LogP contribution is 2.30. The molecule has 0 atom stereocenters. The predicted molar refractivity (Wildman–Crippen MR) is 58.5 cm³/mol. The van der Waals surface area contributed by atoms with Crippen LogP contribution in [0.2, 0.25) is 0 Å². The summed E-state index contributed by atoms with van der Waals surface area (Å²) in [4.78, 5) is 0. The predicted octanol–water partition coefficient (Wildman–Crippen LogP) is 1.98. The van der Waals surface area contributed by atoms with Gasteiger partial charge in [0.1, 0.15) is 18.0 Å². The molecule has 2 nitrogen and oxygen atoms in total. The molecule has 1 aliphatic carbocycles. The fourth-order valence-electron chi connectivity index (χ4n) is 1.47. The number of ether oxygens (including phenoxy) is 1. The molecule has 1 aliphatic rings. The lowest BCUT2D eigenvalue weighted by molar-refractivity contribution is 0.0238. The molecule has 2 heteroatoms. The second-order valence-corrected chi connectivity index (χ2v) is 3.79. The van der Waals surface area contributed by atoms with E-state index in [1.807, 2.05) is 30.3 Å². The van der Waals surface area contributed by atoms with Gasteiger partial charge in [-0.1, -0.05) is 30.0 Å². The Kier molecular flexibility index (Phi) is 2.94. The number of aliphatic hydroxyl groups is 1. The third-order valence-electron chi connectivity index (χ3n) is 2.56. The van der Waals surface area contributed by atoms with Gasteiger partial charge in [0.2, 0.25) is 0 Å². The van der Waals surface area contributed by atoms with Crippen LogP contribution in [-0.4, -0.2) is 17.3 Å². The van der Waals surface area contributed by atoms with Gasteiger partial charge in [0.15, 0.2) is 0 Å². The molecule has 0 bridgehead atoms. The van der Waals surface area contributed by atoms with Gasteiger partial charge in [-0.25, -0.2) is 0 Å². The Morgan fingerprint density at radius 1 is 1.27 bits per heavy atom. The number of para-hydroxylation sites is 1. The zero-order valence-corrected chi connectivity index (χ0v) is 8.57. The molecule has 0 amide bonds. The maximum Gasteiger partial charge on any atom is 0.149 e. The van der Waals surface area contributed by atoms with Crippen LogP contribution in [0, 0.1) is 11.8 Å². The van der Waals surface area contributed by atoms with E-state index in [2.05, 4.69) is 11.8 Å². The number of rotatable bonds is 2. The van der Waals surface area contributed by atoms with Crippen LogP contribution in [0.25, 0.3) is 0 Å². The Morgan fingerprint density at radius 3 is 2.60 bits per heavy atom. The fraction of sp³-hybridized carbons (Fsp3) is 0.385. The first-order valence-corrected chi connectivity index (χ1v) is 5.19. The van der Waals surface area contributed by atoms with E-state index in [0.29, 0.717) is 6.61 Å². The summed E-state index contributed by atoms with van der Waals surface area (Å²) in [6.45, 7) is 0.340. The molecule has 15 heavy (non-hydrogen) atoms. The average Bonchev–Trinajstić information content (AvgIpc) is 2.23. The molecule has 1 aromatic carbocycles. The molecule has 0 heterocycles. The molecule has 78 valence electrons. The Balaban J connectivity index is 1.80. The molecule has 0 saturated heterocycles. The highest BCUT2D eigenvalue weighted by molar-refractivity contribution is 5.22. The molecule has 1 saturated carbocycles. The van der Waals surface area contributed by atoms with Crippen molar-refractivity contribution in [3.05, 3.63) is 30.3 Å². The summed E-state index contributed by atoms with van der Waals surface area (Å²) in [5.74, 6) is 6.51. The summed E-state index contributed by atoms with van der Waals surface area (Å²) < 4.78 is 5.39. The molecule has 0 aromatic heterocycles. The molecule has 1 N–H and O–H groups in total. The smallest absolute Gasteiger partial charge is 0.149 e. The lowest BCUT2D eigenvalue weighted by Gasteiger charge is -2.30. The molecule has 0 spiro atoms. The van der Waals surface area contributed by atoms with Gasteiger partial charge in [0, 0.05) is 0 Å². The van der Waals surface area contributed by atoms with E-state index in [1.165, 1.54) is 0 Å². The monoisotopic (exact) mass is 202 g/mol. The third-order valence-corrected chi connectivity index (χ3v) is 2.56. The topological polar surface area (TPSA) is 29.5 Å². The summed E-state index contributed by atoms with van der Waals surface area (Å²) in [6.07, 6.45) is 2.67. The zero-order chi connectivity index (χ0) is 10.6. The highest BCUT2D eigenvalue weighted by atomic mass is 16.5. The van der Waals surface area contributed by atoms with Crippen LogP contribution in [0.5, 0.6) is 5.75 Å². The molecular formula is C13H14O2. The van der Waals surface area contributed by atoms with Crippen LogP contribution >= 0.6 is 0 Å². The maximum absolute atomic E-state index is 9.68. The van der Waals surface area contributed by atoms with Gasteiger partial charge in [-0.3, -0.25) is 0 Å². The molecule has 1 aromatic rings. The van der Waals surface area contributed by atoms with E-state index in [4.69, 9.17) is 4.74 Å². The molecule has 1 fully saturated rings. The number of hydrogen-bond acceptors (Lipinski definition) is 2. The van der Waals surface area contributed by atoms with Crippen molar-refractivity contribution in [3.63, 3.8) is 0 Å². The van der Waals surface area contributed by atoms with Crippen molar-refractivity contribution in [1.82, 2.24) is 0 Å². The molecule has 0 radical (unpaired) electrons. The van der Waals surface area contributed by atoms with Crippen molar-refractivity contribution in [2.75, 3.05) is 6.61 Å². The Labute approximate surface area is 89.9 Å². The standard InChI is InChI=1S/C13H14O2/c14-13(8-4-9-13)10-5-11-15-12-6-2-1-3-7-12/h1-3,6-7,14H,4,8-9,11H2. The minimum absolute atomic E-state index is 0.340. The second-order valence-electron chi connectivity index (χ2n) is 3.79. The minimum Gasteiger partial charge on any atom is -0.481 e. The van der Waals surface area contributed by atoms with Crippen molar-refractivity contribution in [2.24, 2.45) is 0 Å². The first kappa shape index (κ1) is 10.1. The highest BCUT2D eigenvalue weighted by Gasteiger charge is 2.31. The van der Waals surface area contributed by atoms with Crippen LogP contribution in [0.15, 0.2) is 30.3 Å². The average molecular weight is 202 g/mol. The van der Waals surface area contributed by atoms with Crippen LogP contribution in [0.4, 0.5) is 0 Å². The Hall–Kier alpha value is -1.46. The Bertz CT molecular complexity index is 369. The van der Waals surface area contributed by atoms with E-state index >= 15 is 0 Å². The van der Waals surface area contributed by atoms with E-state index < -0.39 is 5.60 Å². The fourth-order valence-corrected chi connectivity index (χ4v) is 1.47. The van der Waals surface area contributed by atoms with E-state index in [1.54, 1.807) is 0 Å². The van der Waals surface area contributed by atoms with Gasteiger partial charge in [-0.05, 0) is 31.4 Å². The van der Waals surface area contributed by atoms with E-state index in [-0.39, 0.29) is 0 Å². The lowest BCUT2D eigenvalue weighted by atomic mass is 9.81. The number of benzene rings is 1. The summed E-state index contributed by atoms with van der Waals surface area (Å²) in [6, 6.07) is 9.56. The van der Waals surface area contributed by atoms with Crippen LogP contribution in [0.1, 0.15) is 19.3 Å². The van der Waals surface area contributed by atoms with Gasteiger partial charge in [0.25, 0.3) is 0 Å². The zero-order valence-electron chi connectivity index (χ0n) is 8.57. The molecule has 0 aliphatic heterocycles. The van der Waals surface area contributed by atoms with Crippen LogP contribution < -0.4 is 4.74 Å². The van der Waals surface area contributed by atoms with Gasteiger partial charge >= 0.3 is 0 Å². The lowest BCUT2D eigenvalue weighted by Crippen LogP contribution is -2.34. The largest absolute Gasteiger partial charge is 0.481 e. The van der Waals surface area contributed by atoms with Crippen LogP contribution in [0.3, 0.4) is 0 Å². The van der Waals surface area contributed by atoms with Crippen molar-refractivity contribution in [2.45, 2.75) is 24.9 Å². The SMILES string of the molecule is OC1(C#CCOc2ccccc2)CCC1.